The fourth-order valence-corrected chi connectivity index (χ4v) is 4.81. The number of rotatable bonds is 3. The first-order valence-corrected chi connectivity index (χ1v) is 11.7. The van der Waals surface area contributed by atoms with E-state index in [4.69, 9.17) is 14.4 Å². The first-order chi connectivity index (χ1) is 17.3. The monoisotopic (exact) mass is 448 g/mol. The van der Waals surface area contributed by atoms with Gasteiger partial charge in [0.15, 0.2) is 5.82 Å². The van der Waals surface area contributed by atoms with E-state index in [9.17, 15) is 0 Å². The van der Waals surface area contributed by atoms with Crippen LogP contribution in [0.2, 0.25) is 0 Å². The third-order valence-electron chi connectivity index (χ3n) is 6.50. The zero-order valence-corrected chi connectivity index (χ0v) is 18.8. The summed E-state index contributed by atoms with van der Waals surface area (Å²) in [6.45, 7) is 0. The maximum Gasteiger partial charge on any atom is 0.231 e. The van der Waals surface area contributed by atoms with Crippen LogP contribution in [-0.2, 0) is 0 Å². The van der Waals surface area contributed by atoms with Crippen molar-refractivity contribution in [3.63, 3.8) is 0 Å². The summed E-state index contributed by atoms with van der Waals surface area (Å²) in [5.74, 6) is 0.654. The van der Waals surface area contributed by atoms with Crippen LogP contribution in [0.1, 0.15) is 0 Å². The molecule has 0 saturated carbocycles. The number of benzene rings is 5. The molecule has 2 aromatic heterocycles. The lowest BCUT2D eigenvalue weighted by Crippen LogP contribution is -1.94. The van der Waals surface area contributed by atoms with Gasteiger partial charge in [-0.1, -0.05) is 109 Å². The van der Waals surface area contributed by atoms with E-state index < -0.39 is 0 Å². The number of fused-ring (bicyclic) bond motifs is 5. The van der Waals surface area contributed by atoms with Crippen LogP contribution >= 0.6 is 0 Å². The fraction of sp³-hybridized carbons (Fsp3) is 0. The van der Waals surface area contributed by atoms with Gasteiger partial charge in [-0.15, -0.1) is 0 Å². The van der Waals surface area contributed by atoms with Gasteiger partial charge in [0.25, 0.3) is 0 Å². The van der Waals surface area contributed by atoms with Gasteiger partial charge in [-0.2, -0.15) is 4.98 Å². The highest BCUT2D eigenvalue weighted by Gasteiger charge is 2.19. The maximum absolute atomic E-state index is 6.45. The van der Waals surface area contributed by atoms with E-state index >= 15 is 0 Å². The van der Waals surface area contributed by atoms with E-state index in [1.54, 1.807) is 0 Å². The molecule has 3 nitrogen and oxygen atoms in total. The van der Waals surface area contributed by atoms with Crippen molar-refractivity contribution < 1.29 is 4.42 Å². The van der Waals surface area contributed by atoms with Crippen molar-refractivity contribution in [3.05, 3.63) is 121 Å². The maximum atomic E-state index is 6.45. The third kappa shape index (κ3) is 3.29. The van der Waals surface area contributed by atoms with Crippen LogP contribution < -0.4 is 0 Å². The summed E-state index contributed by atoms with van der Waals surface area (Å²) >= 11 is 0. The van der Waals surface area contributed by atoms with Crippen molar-refractivity contribution in [3.8, 4) is 33.8 Å². The van der Waals surface area contributed by atoms with Gasteiger partial charge in [0.1, 0.15) is 5.58 Å². The molecule has 0 aliphatic carbocycles. The second-order valence-electron chi connectivity index (χ2n) is 8.65. The van der Waals surface area contributed by atoms with Crippen molar-refractivity contribution >= 4 is 32.8 Å². The fourth-order valence-electron chi connectivity index (χ4n) is 4.81. The summed E-state index contributed by atoms with van der Waals surface area (Å²) in [5.41, 5.74) is 6.64. The summed E-state index contributed by atoms with van der Waals surface area (Å²) in [5, 5.41) is 4.19. The predicted molar refractivity (Wildman–Crippen MR) is 143 cm³/mol. The standard InChI is InChI=1S/C32H20N2O/c1-3-10-21(11-4-1)24-15-9-16-25(20-24)29-28-27-19-18-22-12-7-8-17-26(22)30(27)35-32(28)34-31(33-29)23-13-5-2-6-14-23/h1-20H. The second kappa shape index (κ2) is 7.93. The molecule has 5 aromatic carbocycles. The first kappa shape index (κ1) is 19.7. The van der Waals surface area contributed by atoms with Crippen molar-refractivity contribution in [1.82, 2.24) is 9.97 Å². The molecule has 7 aromatic rings. The molecular weight excluding hydrogens is 428 g/mol. The third-order valence-corrected chi connectivity index (χ3v) is 6.50. The van der Waals surface area contributed by atoms with Gasteiger partial charge in [-0.3, -0.25) is 0 Å². The topological polar surface area (TPSA) is 38.9 Å². The van der Waals surface area contributed by atoms with Crippen LogP contribution in [0.4, 0.5) is 0 Å². The molecule has 0 spiro atoms. The van der Waals surface area contributed by atoms with Crippen molar-refractivity contribution in [1.29, 1.82) is 0 Å². The molecule has 0 saturated heterocycles. The Labute approximate surface area is 202 Å². The molecular formula is C32H20N2O. The zero-order chi connectivity index (χ0) is 23.2. The van der Waals surface area contributed by atoms with E-state index in [1.807, 2.05) is 48.5 Å². The molecule has 0 amide bonds. The quantitative estimate of drug-likeness (QED) is 0.272. The van der Waals surface area contributed by atoms with E-state index in [-0.39, 0.29) is 0 Å². The van der Waals surface area contributed by atoms with Crippen molar-refractivity contribution in [2.75, 3.05) is 0 Å². The van der Waals surface area contributed by atoms with Gasteiger partial charge in [0, 0.05) is 21.9 Å². The van der Waals surface area contributed by atoms with Crippen LogP contribution in [0.15, 0.2) is 126 Å². The van der Waals surface area contributed by atoms with Crippen LogP contribution in [0.3, 0.4) is 0 Å². The summed E-state index contributed by atoms with van der Waals surface area (Å²) in [6, 6.07) is 41.6. The van der Waals surface area contributed by atoms with Gasteiger partial charge >= 0.3 is 0 Å². The smallest absolute Gasteiger partial charge is 0.231 e. The number of hydrogen-bond acceptors (Lipinski definition) is 3. The molecule has 2 heterocycles. The number of hydrogen-bond donors (Lipinski definition) is 0. The summed E-state index contributed by atoms with van der Waals surface area (Å²) in [7, 11) is 0. The molecule has 0 aliphatic heterocycles. The molecule has 0 aliphatic rings. The molecule has 3 heteroatoms. The Kier molecular flexibility index (Phi) is 4.46. The Bertz CT molecular complexity index is 1840. The lowest BCUT2D eigenvalue weighted by Gasteiger charge is -2.09. The van der Waals surface area contributed by atoms with Gasteiger partial charge < -0.3 is 4.42 Å². The van der Waals surface area contributed by atoms with Crippen molar-refractivity contribution in [2.45, 2.75) is 0 Å². The van der Waals surface area contributed by atoms with E-state index in [0.717, 1.165) is 49.5 Å². The van der Waals surface area contributed by atoms with Crippen molar-refractivity contribution in [2.24, 2.45) is 0 Å². The Morgan fingerprint density at radius 2 is 1.17 bits per heavy atom. The number of nitrogens with zero attached hydrogens (tertiary/aromatic N) is 2. The zero-order valence-electron chi connectivity index (χ0n) is 18.8. The molecule has 0 bridgehead atoms. The van der Waals surface area contributed by atoms with Crippen LogP contribution in [0, 0.1) is 0 Å². The Morgan fingerprint density at radius 3 is 2.00 bits per heavy atom. The Morgan fingerprint density at radius 1 is 0.486 bits per heavy atom. The summed E-state index contributed by atoms with van der Waals surface area (Å²) < 4.78 is 6.45. The Hall–Kier alpha value is -4.76. The predicted octanol–water partition coefficient (Wildman–Crippen LogP) is 8.53. The normalized spacial score (nSPS) is 11.4. The molecule has 0 atom stereocenters. The molecule has 0 unspecified atom stereocenters. The summed E-state index contributed by atoms with van der Waals surface area (Å²) in [4.78, 5) is 9.99. The van der Waals surface area contributed by atoms with Crippen LogP contribution in [-0.4, -0.2) is 9.97 Å². The minimum absolute atomic E-state index is 0.602. The minimum Gasteiger partial charge on any atom is -0.437 e. The number of aromatic nitrogens is 2. The van der Waals surface area contributed by atoms with E-state index in [0.29, 0.717) is 11.5 Å². The second-order valence-corrected chi connectivity index (χ2v) is 8.65. The highest BCUT2D eigenvalue weighted by molar-refractivity contribution is 6.18. The lowest BCUT2D eigenvalue weighted by molar-refractivity contribution is 0.657. The SMILES string of the molecule is c1ccc(-c2cccc(-c3nc(-c4ccccc4)nc4oc5c6ccccc6ccc5c34)c2)cc1. The van der Waals surface area contributed by atoms with Gasteiger partial charge in [0.2, 0.25) is 5.71 Å². The molecule has 7 rings (SSSR count). The van der Waals surface area contributed by atoms with Crippen LogP contribution in [0.25, 0.3) is 66.6 Å². The average molecular weight is 449 g/mol. The molecule has 164 valence electrons. The van der Waals surface area contributed by atoms with E-state index in [2.05, 4.69) is 72.8 Å². The van der Waals surface area contributed by atoms with Gasteiger partial charge in [-0.25, -0.2) is 4.98 Å². The van der Waals surface area contributed by atoms with Crippen LogP contribution in [0.5, 0.6) is 0 Å². The molecule has 0 fully saturated rings. The van der Waals surface area contributed by atoms with Gasteiger partial charge in [0.05, 0.1) is 11.1 Å². The molecule has 0 N–H and O–H groups in total. The highest BCUT2D eigenvalue weighted by atomic mass is 16.3. The van der Waals surface area contributed by atoms with E-state index in [1.165, 1.54) is 5.56 Å². The van der Waals surface area contributed by atoms with Gasteiger partial charge in [-0.05, 0) is 28.6 Å². The summed E-state index contributed by atoms with van der Waals surface area (Å²) in [6.07, 6.45) is 0. The average Bonchev–Trinajstić information content (AvgIpc) is 3.33. The minimum atomic E-state index is 0.602. The lowest BCUT2D eigenvalue weighted by atomic mass is 9.99. The Balaban J connectivity index is 1.56. The highest BCUT2D eigenvalue weighted by Crippen LogP contribution is 2.39. The number of furan rings is 1. The molecule has 0 radical (unpaired) electrons. The largest absolute Gasteiger partial charge is 0.437 e. The molecule has 35 heavy (non-hydrogen) atoms. The first-order valence-electron chi connectivity index (χ1n) is 11.7.